The zero-order valence-corrected chi connectivity index (χ0v) is 17.0. The molecule has 0 aliphatic carbocycles. The van der Waals surface area contributed by atoms with Gasteiger partial charge in [0.05, 0.1) is 5.69 Å². The van der Waals surface area contributed by atoms with Crippen molar-refractivity contribution in [2.24, 2.45) is 5.92 Å². The van der Waals surface area contributed by atoms with Crippen LogP contribution in [0.25, 0.3) is 10.8 Å². The number of anilines is 1. The minimum Gasteiger partial charge on any atom is -0.755 e. The SMILES string of the molecule is O=C(OC(C(F)(F)F)C(F)(F)F)N1CC(CCN(c2cccc3ccccc23)S(=O)[O-])C1. The molecule has 0 saturated carbocycles. The minimum absolute atomic E-state index is 0.0192. The molecule has 2 aromatic rings. The van der Waals surface area contributed by atoms with Gasteiger partial charge in [-0.1, -0.05) is 36.4 Å². The van der Waals surface area contributed by atoms with Gasteiger partial charge in [-0.05, 0) is 23.8 Å². The van der Waals surface area contributed by atoms with Crippen molar-refractivity contribution in [3.63, 3.8) is 0 Å². The quantitative estimate of drug-likeness (QED) is 0.451. The highest BCUT2D eigenvalue weighted by Gasteiger charge is 2.60. The fourth-order valence-electron chi connectivity index (χ4n) is 3.40. The Hall–Kier alpha value is -2.54. The molecule has 1 atom stereocenters. The monoisotopic (exact) mass is 483 g/mol. The summed E-state index contributed by atoms with van der Waals surface area (Å²) in [7, 11) is 0. The normalized spacial score (nSPS) is 16.2. The van der Waals surface area contributed by atoms with Gasteiger partial charge in [0.2, 0.25) is 0 Å². The number of likely N-dealkylation sites (tertiary alicyclic amines) is 1. The first-order chi connectivity index (χ1) is 14.9. The molecule has 0 radical (unpaired) electrons. The molecule has 1 amide bonds. The molecular weight excluding hydrogens is 466 g/mol. The third-order valence-corrected chi connectivity index (χ3v) is 5.72. The summed E-state index contributed by atoms with van der Waals surface area (Å²) in [6.07, 6.45) is -17.3. The molecule has 2 aromatic carbocycles. The summed E-state index contributed by atoms with van der Waals surface area (Å²) in [6.45, 7) is -0.266. The zero-order chi connectivity index (χ0) is 23.7. The number of carbonyl (C=O) groups is 1. The Balaban J connectivity index is 1.58. The molecule has 1 saturated heterocycles. The Labute approximate surface area is 181 Å². The third kappa shape index (κ3) is 5.44. The number of hydrogen-bond acceptors (Lipinski definition) is 4. The molecule has 0 aromatic heterocycles. The van der Waals surface area contributed by atoms with E-state index < -0.39 is 35.8 Å². The van der Waals surface area contributed by atoms with Crippen LogP contribution < -0.4 is 4.31 Å². The molecule has 1 unspecified atom stereocenters. The average molecular weight is 483 g/mol. The molecule has 6 nitrogen and oxygen atoms in total. The van der Waals surface area contributed by atoms with Crippen molar-refractivity contribution in [2.75, 3.05) is 23.9 Å². The van der Waals surface area contributed by atoms with E-state index in [4.69, 9.17) is 0 Å². The number of nitrogens with zero attached hydrogens (tertiary/aromatic N) is 2. The van der Waals surface area contributed by atoms with Gasteiger partial charge in [0.15, 0.2) is 0 Å². The van der Waals surface area contributed by atoms with E-state index in [0.717, 1.165) is 9.69 Å². The van der Waals surface area contributed by atoms with Crippen LogP contribution in [-0.4, -0.2) is 57.8 Å². The Kier molecular flexibility index (Phi) is 6.89. The second-order valence-electron chi connectivity index (χ2n) is 7.22. The van der Waals surface area contributed by atoms with E-state index in [0.29, 0.717) is 16.0 Å². The first-order valence-electron chi connectivity index (χ1n) is 9.31. The van der Waals surface area contributed by atoms with E-state index in [1.807, 2.05) is 12.1 Å². The summed E-state index contributed by atoms with van der Waals surface area (Å²) in [5, 5.41) is 1.52. The lowest BCUT2D eigenvalue weighted by molar-refractivity contribution is -0.309. The van der Waals surface area contributed by atoms with Crippen molar-refractivity contribution in [1.29, 1.82) is 0 Å². The first kappa shape index (κ1) is 24.1. The molecule has 0 spiro atoms. The van der Waals surface area contributed by atoms with Crippen molar-refractivity contribution in [3.05, 3.63) is 42.5 Å². The molecule has 176 valence electrons. The fourth-order valence-corrected chi connectivity index (χ4v) is 3.97. The molecule has 1 aliphatic rings. The lowest BCUT2D eigenvalue weighted by atomic mass is 9.97. The van der Waals surface area contributed by atoms with Crippen molar-refractivity contribution in [3.8, 4) is 0 Å². The summed E-state index contributed by atoms with van der Waals surface area (Å²) >= 11 is -2.62. The smallest absolute Gasteiger partial charge is 0.434 e. The maximum absolute atomic E-state index is 12.5. The molecular formula is C19H17F6N2O4S-. The molecule has 1 fully saturated rings. The number of alkyl halides is 6. The zero-order valence-electron chi connectivity index (χ0n) is 16.2. The van der Waals surface area contributed by atoms with Gasteiger partial charge < -0.3 is 18.5 Å². The number of carbonyl (C=O) groups excluding carboxylic acids is 1. The van der Waals surface area contributed by atoms with Gasteiger partial charge in [0.25, 0.3) is 6.10 Å². The van der Waals surface area contributed by atoms with Crippen LogP contribution in [0, 0.1) is 5.92 Å². The van der Waals surface area contributed by atoms with Crippen LogP contribution in [0.2, 0.25) is 0 Å². The molecule has 13 heteroatoms. The van der Waals surface area contributed by atoms with Gasteiger partial charge in [-0.25, -0.2) is 4.79 Å². The van der Waals surface area contributed by atoms with E-state index in [-0.39, 0.29) is 32.0 Å². The van der Waals surface area contributed by atoms with Crippen LogP contribution >= 0.6 is 0 Å². The number of benzene rings is 2. The van der Waals surface area contributed by atoms with Crippen molar-refractivity contribution in [2.45, 2.75) is 24.9 Å². The summed E-state index contributed by atoms with van der Waals surface area (Å²) in [5.41, 5.74) is 0.435. The predicted molar refractivity (Wildman–Crippen MR) is 102 cm³/mol. The van der Waals surface area contributed by atoms with Crippen LogP contribution in [0.15, 0.2) is 42.5 Å². The van der Waals surface area contributed by atoms with E-state index >= 15 is 0 Å². The van der Waals surface area contributed by atoms with Gasteiger partial charge in [0.1, 0.15) is 0 Å². The standard InChI is InChI=1S/C19H18F6N2O4S/c20-18(21,22)16(19(23,24)25)31-17(28)26-10-12(11-26)8-9-27(32(29)30)15-7-3-5-13-4-1-2-6-14(13)15/h1-7,12,16H,8-11H2,(H,29,30)/p-1. The third-order valence-electron chi connectivity index (χ3n) is 4.98. The first-order valence-corrected chi connectivity index (χ1v) is 10.3. The lowest BCUT2D eigenvalue weighted by Gasteiger charge is -2.40. The number of rotatable bonds is 6. The second-order valence-corrected chi connectivity index (χ2v) is 8.10. The van der Waals surface area contributed by atoms with E-state index in [1.54, 1.807) is 30.3 Å². The van der Waals surface area contributed by atoms with Crippen LogP contribution in [-0.2, 0) is 16.0 Å². The number of fused-ring (bicyclic) bond motifs is 1. The van der Waals surface area contributed by atoms with Crippen molar-refractivity contribution < 1.29 is 44.6 Å². The van der Waals surface area contributed by atoms with Crippen molar-refractivity contribution >= 4 is 33.8 Å². The Morgan fingerprint density at radius 1 is 1.09 bits per heavy atom. The Morgan fingerprint density at radius 2 is 1.69 bits per heavy atom. The highest BCUT2D eigenvalue weighted by molar-refractivity contribution is 7.80. The summed E-state index contributed by atoms with van der Waals surface area (Å²) in [5.74, 6) is -0.307. The van der Waals surface area contributed by atoms with Gasteiger partial charge in [-0.2, -0.15) is 26.3 Å². The molecule has 32 heavy (non-hydrogen) atoms. The summed E-state index contributed by atoms with van der Waals surface area (Å²) in [6, 6.07) is 12.2. The molecule has 0 N–H and O–H groups in total. The van der Waals surface area contributed by atoms with Gasteiger partial charge in [0, 0.05) is 36.3 Å². The summed E-state index contributed by atoms with van der Waals surface area (Å²) < 4.78 is 103. The van der Waals surface area contributed by atoms with E-state index in [9.17, 15) is 39.9 Å². The minimum atomic E-state index is -5.78. The number of hydrogen-bond donors (Lipinski definition) is 0. The van der Waals surface area contributed by atoms with Crippen LogP contribution in [0.3, 0.4) is 0 Å². The molecule has 1 heterocycles. The number of amides is 1. The highest BCUT2D eigenvalue weighted by Crippen LogP contribution is 2.36. The highest BCUT2D eigenvalue weighted by atomic mass is 32.2. The molecule has 0 bridgehead atoms. The number of ether oxygens (including phenoxy) is 1. The molecule has 1 aliphatic heterocycles. The lowest BCUT2D eigenvalue weighted by Crippen LogP contribution is -2.54. The van der Waals surface area contributed by atoms with Crippen molar-refractivity contribution in [1.82, 2.24) is 4.90 Å². The largest absolute Gasteiger partial charge is 0.755 e. The maximum atomic E-state index is 12.5. The van der Waals surface area contributed by atoms with E-state index in [2.05, 4.69) is 4.74 Å². The summed E-state index contributed by atoms with van der Waals surface area (Å²) in [4.78, 5) is 12.4. The van der Waals surface area contributed by atoms with Crippen LogP contribution in [0.1, 0.15) is 6.42 Å². The Morgan fingerprint density at radius 3 is 2.28 bits per heavy atom. The van der Waals surface area contributed by atoms with Gasteiger partial charge >= 0.3 is 18.4 Å². The molecule has 3 rings (SSSR count). The number of halogens is 6. The van der Waals surface area contributed by atoms with Crippen LogP contribution in [0.5, 0.6) is 0 Å². The fraction of sp³-hybridized carbons (Fsp3) is 0.421. The predicted octanol–water partition coefficient (Wildman–Crippen LogP) is 4.39. The Bertz CT molecular complexity index is 974. The van der Waals surface area contributed by atoms with Gasteiger partial charge in [-0.15, -0.1) is 0 Å². The van der Waals surface area contributed by atoms with E-state index in [1.165, 1.54) is 0 Å². The second kappa shape index (κ2) is 9.14. The average Bonchev–Trinajstić information content (AvgIpc) is 2.65. The van der Waals surface area contributed by atoms with Gasteiger partial charge in [-0.3, -0.25) is 4.21 Å². The van der Waals surface area contributed by atoms with Crippen LogP contribution in [0.4, 0.5) is 36.8 Å². The maximum Gasteiger partial charge on any atom is 0.434 e. The topological polar surface area (TPSA) is 72.9 Å².